The molecule has 2 aromatic carbocycles. The molecule has 0 aromatic heterocycles. The van der Waals surface area contributed by atoms with E-state index in [1.807, 2.05) is 12.1 Å². The number of nitrogen functional groups attached to an aromatic ring is 1. The second-order valence-corrected chi connectivity index (χ2v) is 5.85. The minimum atomic E-state index is -0.211. The largest absolute Gasteiger partial charge is 0.494 e. The zero-order chi connectivity index (χ0) is 18.1. The standard InChI is InChI=1S/C20H26N2O3/c1-3-4-5-6-13-25-17-10-7-15(8-11-17)20(23)22-18-12-9-16(21)14-19(18)24-2/h7-12,14H,3-6,13,21H2,1-2H3,(H,22,23). The predicted octanol–water partition coefficient (Wildman–Crippen LogP) is 4.49. The van der Waals surface area contributed by atoms with Crippen molar-refractivity contribution >= 4 is 17.3 Å². The van der Waals surface area contributed by atoms with E-state index in [-0.39, 0.29) is 5.91 Å². The zero-order valence-electron chi connectivity index (χ0n) is 14.9. The smallest absolute Gasteiger partial charge is 0.255 e. The van der Waals surface area contributed by atoms with Crippen LogP contribution in [0.4, 0.5) is 11.4 Å². The Morgan fingerprint density at radius 2 is 1.84 bits per heavy atom. The van der Waals surface area contributed by atoms with Gasteiger partial charge in [-0.25, -0.2) is 0 Å². The van der Waals surface area contributed by atoms with Crippen molar-refractivity contribution in [3.05, 3.63) is 48.0 Å². The van der Waals surface area contributed by atoms with Gasteiger partial charge in [-0.15, -0.1) is 0 Å². The normalized spacial score (nSPS) is 10.3. The van der Waals surface area contributed by atoms with Crippen molar-refractivity contribution in [3.8, 4) is 11.5 Å². The number of nitrogens with one attached hydrogen (secondary N) is 1. The minimum absolute atomic E-state index is 0.211. The molecule has 1 amide bonds. The van der Waals surface area contributed by atoms with E-state index in [4.69, 9.17) is 15.2 Å². The van der Waals surface area contributed by atoms with Crippen molar-refractivity contribution in [1.29, 1.82) is 0 Å². The monoisotopic (exact) mass is 342 g/mol. The van der Waals surface area contributed by atoms with Crippen LogP contribution in [-0.4, -0.2) is 19.6 Å². The average Bonchev–Trinajstić information content (AvgIpc) is 2.63. The van der Waals surface area contributed by atoms with Crippen molar-refractivity contribution in [2.24, 2.45) is 0 Å². The van der Waals surface area contributed by atoms with Crippen LogP contribution in [-0.2, 0) is 0 Å². The van der Waals surface area contributed by atoms with Crippen molar-refractivity contribution in [1.82, 2.24) is 0 Å². The van der Waals surface area contributed by atoms with Crippen molar-refractivity contribution in [3.63, 3.8) is 0 Å². The molecule has 0 saturated heterocycles. The molecule has 2 aromatic rings. The Balaban J connectivity index is 1.92. The van der Waals surface area contributed by atoms with Crippen molar-refractivity contribution in [2.75, 3.05) is 24.8 Å². The highest BCUT2D eigenvalue weighted by Crippen LogP contribution is 2.27. The summed E-state index contributed by atoms with van der Waals surface area (Å²) in [5.74, 6) is 1.09. The molecule has 5 nitrogen and oxygen atoms in total. The molecule has 0 aliphatic rings. The molecule has 0 saturated carbocycles. The van der Waals surface area contributed by atoms with Gasteiger partial charge in [-0.05, 0) is 42.8 Å². The van der Waals surface area contributed by atoms with Crippen LogP contribution >= 0.6 is 0 Å². The lowest BCUT2D eigenvalue weighted by Crippen LogP contribution is -2.12. The third kappa shape index (κ3) is 5.71. The lowest BCUT2D eigenvalue weighted by molar-refractivity contribution is 0.102. The molecule has 0 aliphatic carbocycles. The summed E-state index contributed by atoms with van der Waals surface area (Å²) in [6.45, 7) is 2.89. The number of amides is 1. The summed E-state index contributed by atoms with van der Waals surface area (Å²) in [4.78, 5) is 12.4. The highest BCUT2D eigenvalue weighted by Gasteiger charge is 2.10. The number of benzene rings is 2. The van der Waals surface area contributed by atoms with Crippen LogP contribution in [0, 0.1) is 0 Å². The summed E-state index contributed by atoms with van der Waals surface area (Å²) in [5, 5.41) is 2.83. The molecule has 5 heteroatoms. The number of carbonyl (C=O) groups excluding carboxylic acids is 1. The molecule has 0 radical (unpaired) electrons. The quantitative estimate of drug-likeness (QED) is 0.520. The zero-order valence-corrected chi connectivity index (χ0v) is 14.9. The van der Waals surface area contributed by atoms with Crippen LogP contribution in [0.1, 0.15) is 43.0 Å². The molecule has 0 aliphatic heterocycles. The first kappa shape index (κ1) is 18.6. The molecule has 0 atom stereocenters. The third-order valence-corrected chi connectivity index (χ3v) is 3.86. The molecule has 0 heterocycles. The van der Waals surface area contributed by atoms with Gasteiger partial charge in [0.25, 0.3) is 5.91 Å². The SMILES string of the molecule is CCCCCCOc1ccc(C(=O)Nc2ccc(N)cc2OC)cc1. The Morgan fingerprint density at radius 1 is 1.08 bits per heavy atom. The number of nitrogens with two attached hydrogens (primary N) is 1. The van der Waals surface area contributed by atoms with Gasteiger partial charge < -0.3 is 20.5 Å². The van der Waals surface area contributed by atoms with E-state index in [0.717, 1.165) is 12.2 Å². The maximum absolute atomic E-state index is 12.4. The van der Waals surface area contributed by atoms with Crippen LogP contribution in [0.3, 0.4) is 0 Å². The summed E-state index contributed by atoms with van der Waals surface area (Å²) >= 11 is 0. The number of unbranched alkanes of at least 4 members (excludes halogenated alkanes) is 3. The topological polar surface area (TPSA) is 73.6 Å². The van der Waals surface area contributed by atoms with E-state index < -0.39 is 0 Å². The van der Waals surface area contributed by atoms with Gasteiger partial charge in [0.1, 0.15) is 11.5 Å². The second-order valence-electron chi connectivity index (χ2n) is 5.85. The number of ether oxygens (including phenoxy) is 2. The fraction of sp³-hybridized carbons (Fsp3) is 0.350. The van der Waals surface area contributed by atoms with Gasteiger partial charge >= 0.3 is 0 Å². The van der Waals surface area contributed by atoms with E-state index in [1.165, 1.54) is 26.4 Å². The first-order valence-corrected chi connectivity index (χ1v) is 8.61. The summed E-state index contributed by atoms with van der Waals surface area (Å²) in [7, 11) is 1.54. The third-order valence-electron chi connectivity index (χ3n) is 3.86. The van der Waals surface area contributed by atoms with Gasteiger partial charge in [0.15, 0.2) is 0 Å². The number of methoxy groups -OCH3 is 1. The van der Waals surface area contributed by atoms with E-state index in [0.29, 0.717) is 29.3 Å². The van der Waals surface area contributed by atoms with Gasteiger partial charge in [-0.1, -0.05) is 26.2 Å². The lowest BCUT2D eigenvalue weighted by atomic mass is 10.2. The summed E-state index contributed by atoms with van der Waals surface area (Å²) in [6, 6.07) is 12.2. The maximum atomic E-state index is 12.4. The number of rotatable bonds is 9. The molecular weight excluding hydrogens is 316 g/mol. The Hall–Kier alpha value is -2.69. The second kappa shape index (κ2) is 9.57. The number of hydrogen-bond acceptors (Lipinski definition) is 4. The Morgan fingerprint density at radius 3 is 2.52 bits per heavy atom. The molecule has 2 rings (SSSR count). The van der Waals surface area contributed by atoms with E-state index in [9.17, 15) is 4.79 Å². The Kier molecular flexibility index (Phi) is 7.14. The molecule has 25 heavy (non-hydrogen) atoms. The van der Waals surface area contributed by atoms with Crippen molar-refractivity contribution in [2.45, 2.75) is 32.6 Å². The number of anilines is 2. The Labute approximate surface area is 149 Å². The summed E-state index contributed by atoms with van der Waals surface area (Å²) in [5.41, 5.74) is 7.44. The highest BCUT2D eigenvalue weighted by atomic mass is 16.5. The predicted molar refractivity (Wildman–Crippen MR) is 101 cm³/mol. The fourth-order valence-electron chi connectivity index (χ4n) is 2.43. The molecule has 3 N–H and O–H groups in total. The van der Waals surface area contributed by atoms with E-state index >= 15 is 0 Å². The molecule has 0 spiro atoms. The molecule has 0 unspecified atom stereocenters. The Bertz CT molecular complexity index is 684. The molecule has 0 bridgehead atoms. The van der Waals surface area contributed by atoms with Gasteiger partial charge in [0, 0.05) is 17.3 Å². The first-order valence-electron chi connectivity index (χ1n) is 8.61. The van der Waals surface area contributed by atoms with Crippen LogP contribution in [0.5, 0.6) is 11.5 Å². The maximum Gasteiger partial charge on any atom is 0.255 e. The average molecular weight is 342 g/mol. The van der Waals surface area contributed by atoms with E-state index in [1.54, 1.807) is 30.3 Å². The van der Waals surface area contributed by atoms with Crippen LogP contribution in [0.25, 0.3) is 0 Å². The number of hydrogen-bond donors (Lipinski definition) is 2. The fourth-order valence-corrected chi connectivity index (χ4v) is 2.43. The van der Waals surface area contributed by atoms with Crippen molar-refractivity contribution < 1.29 is 14.3 Å². The van der Waals surface area contributed by atoms with Crippen LogP contribution in [0.15, 0.2) is 42.5 Å². The highest BCUT2D eigenvalue weighted by molar-refractivity contribution is 6.05. The number of carbonyl (C=O) groups is 1. The molecular formula is C20H26N2O3. The summed E-state index contributed by atoms with van der Waals surface area (Å²) < 4.78 is 10.9. The first-order chi connectivity index (χ1) is 12.1. The minimum Gasteiger partial charge on any atom is -0.494 e. The van der Waals surface area contributed by atoms with Crippen LogP contribution in [0.2, 0.25) is 0 Å². The van der Waals surface area contributed by atoms with Gasteiger partial charge in [-0.2, -0.15) is 0 Å². The van der Waals surface area contributed by atoms with Gasteiger partial charge in [0.2, 0.25) is 0 Å². The van der Waals surface area contributed by atoms with Gasteiger partial charge in [0.05, 0.1) is 19.4 Å². The molecule has 0 fully saturated rings. The van der Waals surface area contributed by atoms with E-state index in [2.05, 4.69) is 12.2 Å². The summed E-state index contributed by atoms with van der Waals surface area (Å²) in [6.07, 6.45) is 4.67. The van der Waals surface area contributed by atoms with Crippen LogP contribution < -0.4 is 20.5 Å². The van der Waals surface area contributed by atoms with Gasteiger partial charge in [-0.3, -0.25) is 4.79 Å². The lowest BCUT2D eigenvalue weighted by Gasteiger charge is -2.11. The molecule has 134 valence electrons.